The molecule has 0 aromatic heterocycles. The number of amides is 2. The van der Waals surface area contributed by atoms with E-state index in [2.05, 4.69) is 16.7 Å². The molecule has 0 spiro atoms. The lowest BCUT2D eigenvalue weighted by Gasteiger charge is -2.52. The molecular formula is C20H34N2O2. The van der Waals surface area contributed by atoms with Gasteiger partial charge in [0, 0.05) is 25.9 Å². The zero-order valence-corrected chi connectivity index (χ0v) is 15.5. The highest BCUT2D eigenvalue weighted by Gasteiger charge is 2.43. The third-order valence-corrected chi connectivity index (χ3v) is 6.56. The first-order chi connectivity index (χ1) is 11.6. The normalized spacial score (nSPS) is 31.7. The maximum absolute atomic E-state index is 12.9. The summed E-state index contributed by atoms with van der Waals surface area (Å²) >= 11 is 0. The molecule has 0 N–H and O–H groups in total. The first-order valence-electron chi connectivity index (χ1n) is 10.2. The van der Waals surface area contributed by atoms with Gasteiger partial charge in [0.05, 0.1) is 12.1 Å². The maximum atomic E-state index is 12.9. The predicted molar refractivity (Wildman–Crippen MR) is 95.5 cm³/mol. The molecule has 2 amide bonds. The van der Waals surface area contributed by atoms with Crippen molar-refractivity contribution in [2.24, 2.45) is 5.92 Å². The number of hydrogen-bond donors (Lipinski definition) is 0. The van der Waals surface area contributed by atoms with E-state index in [-0.39, 0.29) is 24.0 Å². The minimum Gasteiger partial charge on any atom is -0.336 e. The van der Waals surface area contributed by atoms with Crippen LogP contribution >= 0.6 is 0 Å². The van der Waals surface area contributed by atoms with Gasteiger partial charge in [0.25, 0.3) is 0 Å². The number of carbonyl (C=O) groups is 2. The van der Waals surface area contributed by atoms with E-state index < -0.39 is 0 Å². The maximum Gasteiger partial charge on any atom is 0.222 e. The summed E-state index contributed by atoms with van der Waals surface area (Å²) in [6, 6.07) is 0.664. The van der Waals surface area contributed by atoms with Crippen molar-refractivity contribution in [1.82, 2.24) is 9.80 Å². The van der Waals surface area contributed by atoms with Crippen molar-refractivity contribution in [2.75, 3.05) is 6.54 Å². The van der Waals surface area contributed by atoms with Gasteiger partial charge >= 0.3 is 0 Å². The second-order valence-corrected chi connectivity index (χ2v) is 8.28. The molecule has 0 aromatic carbocycles. The summed E-state index contributed by atoms with van der Waals surface area (Å²) in [5, 5.41) is 0. The molecule has 2 unspecified atom stereocenters. The minimum atomic E-state index is 0.153. The molecule has 2 saturated carbocycles. The van der Waals surface area contributed by atoms with E-state index in [4.69, 9.17) is 0 Å². The number of piperazine rings is 1. The standard InChI is InChI=1S/C20H34N2O2/c1-15-14-21(20(24)13-12-17-8-4-3-5-9-17)18-10-6-7-11-19(18)22(15)16(2)23/h15,17-19H,3-14H2,1-2H3/t15-,18?,19?/m0/s1. The molecule has 4 heteroatoms. The molecule has 24 heavy (non-hydrogen) atoms. The largest absolute Gasteiger partial charge is 0.336 e. The van der Waals surface area contributed by atoms with Gasteiger partial charge in [-0.3, -0.25) is 9.59 Å². The average molecular weight is 335 g/mol. The van der Waals surface area contributed by atoms with Gasteiger partial charge in [-0.25, -0.2) is 0 Å². The summed E-state index contributed by atoms with van der Waals surface area (Å²) in [7, 11) is 0. The summed E-state index contributed by atoms with van der Waals surface area (Å²) in [6.07, 6.45) is 13.0. The van der Waals surface area contributed by atoms with E-state index in [0.717, 1.165) is 31.7 Å². The lowest BCUT2D eigenvalue weighted by atomic mass is 9.83. The Morgan fingerprint density at radius 1 is 0.917 bits per heavy atom. The second-order valence-electron chi connectivity index (χ2n) is 8.28. The van der Waals surface area contributed by atoms with Crippen LogP contribution in [0, 0.1) is 5.92 Å². The van der Waals surface area contributed by atoms with E-state index in [0.29, 0.717) is 12.3 Å². The van der Waals surface area contributed by atoms with E-state index in [1.54, 1.807) is 6.92 Å². The lowest BCUT2D eigenvalue weighted by Crippen LogP contribution is -2.66. The molecule has 3 aliphatic rings. The Kier molecular flexibility index (Phi) is 5.83. The highest BCUT2D eigenvalue weighted by molar-refractivity contribution is 5.78. The van der Waals surface area contributed by atoms with Crippen LogP contribution in [0.25, 0.3) is 0 Å². The number of nitrogens with zero attached hydrogens (tertiary/aromatic N) is 2. The quantitative estimate of drug-likeness (QED) is 0.789. The van der Waals surface area contributed by atoms with E-state index in [9.17, 15) is 9.59 Å². The van der Waals surface area contributed by atoms with Crippen molar-refractivity contribution in [3.05, 3.63) is 0 Å². The van der Waals surface area contributed by atoms with Crippen molar-refractivity contribution in [3.63, 3.8) is 0 Å². The SMILES string of the molecule is CC(=O)N1C2CCCCC2N(C(=O)CCC2CCCCC2)C[C@@H]1C. The Hall–Kier alpha value is -1.06. The van der Waals surface area contributed by atoms with E-state index in [1.165, 1.54) is 44.9 Å². The monoisotopic (exact) mass is 334 g/mol. The molecule has 1 saturated heterocycles. The van der Waals surface area contributed by atoms with Gasteiger partial charge in [-0.05, 0) is 32.1 Å². The van der Waals surface area contributed by atoms with Crippen LogP contribution in [0.4, 0.5) is 0 Å². The zero-order chi connectivity index (χ0) is 17.1. The summed E-state index contributed by atoms with van der Waals surface area (Å²) in [6.45, 7) is 4.51. The molecule has 4 nitrogen and oxygen atoms in total. The fourth-order valence-electron chi connectivity index (χ4n) is 5.39. The molecule has 3 rings (SSSR count). The Balaban J connectivity index is 1.63. The summed E-state index contributed by atoms with van der Waals surface area (Å²) in [4.78, 5) is 29.2. The summed E-state index contributed by atoms with van der Waals surface area (Å²) in [5.41, 5.74) is 0. The predicted octanol–water partition coefficient (Wildman–Crippen LogP) is 3.74. The average Bonchev–Trinajstić information content (AvgIpc) is 2.59. The van der Waals surface area contributed by atoms with Gasteiger partial charge < -0.3 is 9.80 Å². The fraction of sp³-hybridized carbons (Fsp3) is 0.900. The van der Waals surface area contributed by atoms with Crippen molar-refractivity contribution in [3.8, 4) is 0 Å². The topological polar surface area (TPSA) is 40.6 Å². The molecule has 0 radical (unpaired) electrons. The summed E-state index contributed by atoms with van der Waals surface area (Å²) < 4.78 is 0. The molecule has 2 aliphatic carbocycles. The van der Waals surface area contributed by atoms with Gasteiger partial charge in [-0.2, -0.15) is 0 Å². The van der Waals surface area contributed by atoms with Crippen molar-refractivity contribution in [2.45, 2.75) is 103 Å². The smallest absolute Gasteiger partial charge is 0.222 e. The number of fused-ring (bicyclic) bond motifs is 1. The molecular weight excluding hydrogens is 300 g/mol. The fourth-order valence-corrected chi connectivity index (χ4v) is 5.39. The Morgan fingerprint density at radius 3 is 2.21 bits per heavy atom. The van der Waals surface area contributed by atoms with Crippen molar-refractivity contribution in [1.29, 1.82) is 0 Å². The van der Waals surface area contributed by atoms with Gasteiger partial charge in [-0.15, -0.1) is 0 Å². The molecule has 1 aliphatic heterocycles. The van der Waals surface area contributed by atoms with Crippen LogP contribution in [-0.2, 0) is 9.59 Å². The van der Waals surface area contributed by atoms with Crippen LogP contribution < -0.4 is 0 Å². The zero-order valence-electron chi connectivity index (χ0n) is 15.5. The van der Waals surface area contributed by atoms with E-state index >= 15 is 0 Å². The molecule has 3 atom stereocenters. The Bertz CT molecular complexity index is 459. The number of rotatable bonds is 3. The van der Waals surface area contributed by atoms with Crippen LogP contribution in [0.2, 0.25) is 0 Å². The van der Waals surface area contributed by atoms with Crippen molar-refractivity contribution < 1.29 is 9.59 Å². The second kappa shape index (κ2) is 7.88. The van der Waals surface area contributed by atoms with E-state index in [1.807, 2.05) is 0 Å². The Morgan fingerprint density at radius 2 is 1.54 bits per heavy atom. The van der Waals surface area contributed by atoms with Crippen LogP contribution in [0.5, 0.6) is 0 Å². The first kappa shape index (κ1) is 17.8. The van der Waals surface area contributed by atoms with Gasteiger partial charge in [0.15, 0.2) is 0 Å². The molecule has 3 fully saturated rings. The van der Waals surface area contributed by atoms with Crippen LogP contribution in [0.3, 0.4) is 0 Å². The van der Waals surface area contributed by atoms with Crippen LogP contribution in [0.15, 0.2) is 0 Å². The third kappa shape index (κ3) is 3.78. The highest BCUT2D eigenvalue weighted by Crippen LogP contribution is 2.34. The van der Waals surface area contributed by atoms with Crippen LogP contribution in [-0.4, -0.2) is 46.3 Å². The third-order valence-electron chi connectivity index (χ3n) is 6.56. The van der Waals surface area contributed by atoms with Crippen LogP contribution in [0.1, 0.15) is 84.5 Å². The molecule has 1 heterocycles. The summed E-state index contributed by atoms with van der Waals surface area (Å²) in [5.74, 6) is 1.28. The van der Waals surface area contributed by atoms with Crippen molar-refractivity contribution >= 4 is 11.8 Å². The highest BCUT2D eigenvalue weighted by atomic mass is 16.2. The molecule has 0 bridgehead atoms. The first-order valence-corrected chi connectivity index (χ1v) is 10.2. The number of hydrogen-bond acceptors (Lipinski definition) is 2. The van der Waals surface area contributed by atoms with Gasteiger partial charge in [0.2, 0.25) is 11.8 Å². The molecule has 0 aromatic rings. The minimum absolute atomic E-state index is 0.153. The Labute approximate surface area is 146 Å². The molecule has 136 valence electrons. The lowest BCUT2D eigenvalue weighted by molar-refractivity contribution is -0.153. The van der Waals surface area contributed by atoms with Gasteiger partial charge in [0.1, 0.15) is 0 Å². The van der Waals surface area contributed by atoms with Gasteiger partial charge in [-0.1, -0.05) is 44.9 Å². The number of carbonyl (C=O) groups excluding carboxylic acids is 2.